The molecule has 124 valence electrons. The van der Waals surface area contributed by atoms with Gasteiger partial charge in [-0.2, -0.15) is 0 Å². The number of ether oxygens (including phenoxy) is 1. The fourth-order valence-corrected chi connectivity index (χ4v) is 3.13. The molecule has 7 heteroatoms. The van der Waals surface area contributed by atoms with E-state index in [0.29, 0.717) is 6.54 Å². The van der Waals surface area contributed by atoms with Crippen LogP contribution in [0.4, 0.5) is 0 Å². The van der Waals surface area contributed by atoms with E-state index in [1.807, 2.05) is 7.05 Å². The average Bonchev–Trinajstić information content (AvgIpc) is 2.93. The van der Waals surface area contributed by atoms with Crippen LogP contribution < -0.4 is 0 Å². The number of tetrazole rings is 1. The summed E-state index contributed by atoms with van der Waals surface area (Å²) < 4.78 is 7.80. The molecule has 0 bridgehead atoms. The molecule has 3 rings (SSSR count). The summed E-state index contributed by atoms with van der Waals surface area (Å²) >= 11 is 0. The first-order valence-electron chi connectivity index (χ1n) is 7.91. The number of likely N-dealkylation sites (N-methyl/N-ethyl adjacent to an activating group) is 2. The Morgan fingerprint density at radius 1 is 1.26 bits per heavy atom. The second-order valence-corrected chi connectivity index (χ2v) is 6.16. The molecular weight excluding hydrogens is 292 g/mol. The van der Waals surface area contributed by atoms with Crippen molar-refractivity contribution in [3.8, 4) is 0 Å². The van der Waals surface area contributed by atoms with E-state index in [9.17, 15) is 0 Å². The number of hydrogen-bond donors (Lipinski definition) is 0. The molecule has 0 radical (unpaired) electrons. The van der Waals surface area contributed by atoms with Gasteiger partial charge in [0.2, 0.25) is 0 Å². The Morgan fingerprint density at radius 2 is 2.04 bits per heavy atom. The molecule has 1 aromatic carbocycles. The second kappa shape index (κ2) is 7.16. The summed E-state index contributed by atoms with van der Waals surface area (Å²) in [7, 11) is 6.11. The highest BCUT2D eigenvalue weighted by Gasteiger charge is 2.32. The predicted octanol–water partition coefficient (Wildman–Crippen LogP) is 0.714. The topological polar surface area (TPSA) is 59.3 Å². The normalized spacial score (nSPS) is 22.6. The van der Waals surface area contributed by atoms with E-state index < -0.39 is 0 Å². The van der Waals surface area contributed by atoms with Gasteiger partial charge < -0.3 is 4.74 Å². The highest BCUT2D eigenvalue weighted by Crippen LogP contribution is 2.28. The maximum absolute atomic E-state index is 6.09. The molecule has 0 unspecified atom stereocenters. The van der Waals surface area contributed by atoms with E-state index >= 15 is 0 Å². The molecule has 0 saturated carbocycles. The van der Waals surface area contributed by atoms with Gasteiger partial charge in [0.25, 0.3) is 0 Å². The molecule has 2 heterocycles. The summed E-state index contributed by atoms with van der Waals surface area (Å²) in [5, 5.41) is 11.6. The highest BCUT2D eigenvalue weighted by atomic mass is 16.5. The van der Waals surface area contributed by atoms with Crippen molar-refractivity contribution in [1.82, 2.24) is 30.0 Å². The van der Waals surface area contributed by atoms with Gasteiger partial charge in [0.05, 0.1) is 25.3 Å². The third-order valence-electron chi connectivity index (χ3n) is 4.35. The molecule has 1 fully saturated rings. The van der Waals surface area contributed by atoms with Crippen LogP contribution in [0.2, 0.25) is 0 Å². The van der Waals surface area contributed by atoms with Crippen molar-refractivity contribution >= 4 is 0 Å². The molecule has 2 atom stereocenters. The minimum Gasteiger partial charge on any atom is -0.374 e. The number of morpholine rings is 1. The van der Waals surface area contributed by atoms with E-state index in [2.05, 4.69) is 69.8 Å². The van der Waals surface area contributed by atoms with Crippen LogP contribution >= 0.6 is 0 Å². The number of benzene rings is 1. The second-order valence-electron chi connectivity index (χ2n) is 6.16. The van der Waals surface area contributed by atoms with Crippen LogP contribution in [-0.4, -0.2) is 69.9 Å². The number of aryl methyl sites for hydroxylation is 1. The molecule has 1 aliphatic rings. The lowest BCUT2D eigenvalue weighted by atomic mass is 9.98. The number of rotatable bonds is 5. The van der Waals surface area contributed by atoms with Crippen LogP contribution in [0, 0.1) is 0 Å². The average molecular weight is 316 g/mol. The highest BCUT2D eigenvalue weighted by molar-refractivity contribution is 5.21. The molecule has 23 heavy (non-hydrogen) atoms. The van der Waals surface area contributed by atoms with Crippen molar-refractivity contribution in [2.75, 3.05) is 33.8 Å². The zero-order valence-electron chi connectivity index (χ0n) is 14.0. The first-order valence-corrected chi connectivity index (χ1v) is 7.91. The van der Waals surface area contributed by atoms with E-state index in [-0.39, 0.29) is 12.1 Å². The Bertz CT molecular complexity index is 616. The molecule has 2 aromatic rings. The van der Waals surface area contributed by atoms with Gasteiger partial charge in [-0.05, 0) is 30.1 Å². The molecule has 0 spiro atoms. The Kier molecular flexibility index (Phi) is 5.00. The summed E-state index contributed by atoms with van der Waals surface area (Å²) in [5.41, 5.74) is 1.30. The van der Waals surface area contributed by atoms with Gasteiger partial charge in [-0.25, -0.2) is 4.68 Å². The first kappa shape index (κ1) is 16.0. The monoisotopic (exact) mass is 316 g/mol. The smallest absolute Gasteiger partial charge is 0.164 e. The molecule has 0 amide bonds. The van der Waals surface area contributed by atoms with Crippen molar-refractivity contribution in [1.29, 1.82) is 0 Å². The molecule has 7 nitrogen and oxygen atoms in total. The van der Waals surface area contributed by atoms with Gasteiger partial charge in [0.1, 0.15) is 0 Å². The first-order chi connectivity index (χ1) is 11.1. The molecule has 1 aromatic heterocycles. The molecule has 1 aliphatic heterocycles. The Balaban J connectivity index is 1.70. The Labute approximate surface area is 136 Å². The lowest BCUT2D eigenvalue weighted by Crippen LogP contribution is -2.47. The van der Waals surface area contributed by atoms with Crippen LogP contribution in [0.1, 0.15) is 17.4 Å². The minimum absolute atomic E-state index is 0.127. The van der Waals surface area contributed by atoms with E-state index in [1.54, 1.807) is 4.68 Å². The van der Waals surface area contributed by atoms with Crippen LogP contribution in [0.25, 0.3) is 0 Å². The zero-order chi connectivity index (χ0) is 16.2. The molecule has 1 saturated heterocycles. The van der Waals surface area contributed by atoms with E-state index in [1.165, 1.54) is 5.56 Å². The number of aromatic nitrogens is 4. The Hall–Kier alpha value is -1.83. The van der Waals surface area contributed by atoms with Crippen LogP contribution in [0.15, 0.2) is 30.3 Å². The third-order valence-corrected chi connectivity index (χ3v) is 4.35. The quantitative estimate of drug-likeness (QED) is 0.810. The maximum Gasteiger partial charge on any atom is 0.164 e. The SMILES string of the molecule is CN(Cc1nnnn1C)C[C@@H]1OCCN(C)[C@H]1c1ccccc1. The van der Waals surface area contributed by atoms with E-state index in [0.717, 1.165) is 25.5 Å². The van der Waals surface area contributed by atoms with Crippen molar-refractivity contribution in [2.45, 2.75) is 18.7 Å². The summed E-state index contributed by atoms with van der Waals surface area (Å²) in [5.74, 6) is 0.855. The van der Waals surface area contributed by atoms with Crippen molar-refractivity contribution in [3.63, 3.8) is 0 Å². The number of nitrogens with zero attached hydrogens (tertiary/aromatic N) is 6. The van der Waals surface area contributed by atoms with Crippen molar-refractivity contribution in [2.24, 2.45) is 7.05 Å². The lowest BCUT2D eigenvalue weighted by Gasteiger charge is -2.40. The standard InChI is InChI=1S/C16H24N6O/c1-20(12-15-17-18-19-22(15)3)11-14-16(21(2)9-10-23-14)13-7-5-4-6-8-13/h4-8,14,16H,9-12H2,1-3H3/t14-,16-/m0/s1. The zero-order valence-corrected chi connectivity index (χ0v) is 14.0. The van der Waals surface area contributed by atoms with Crippen LogP contribution in [0.3, 0.4) is 0 Å². The fraction of sp³-hybridized carbons (Fsp3) is 0.562. The van der Waals surface area contributed by atoms with Gasteiger partial charge in [-0.3, -0.25) is 9.80 Å². The molecule has 0 N–H and O–H groups in total. The minimum atomic E-state index is 0.127. The van der Waals surface area contributed by atoms with Gasteiger partial charge in [0, 0.05) is 20.1 Å². The van der Waals surface area contributed by atoms with Crippen molar-refractivity contribution < 1.29 is 4.74 Å². The van der Waals surface area contributed by atoms with Gasteiger partial charge in [0.15, 0.2) is 5.82 Å². The van der Waals surface area contributed by atoms with Crippen LogP contribution in [-0.2, 0) is 18.3 Å². The summed E-state index contributed by atoms with van der Waals surface area (Å²) in [6.45, 7) is 3.25. The van der Waals surface area contributed by atoms with Crippen LogP contribution in [0.5, 0.6) is 0 Å². The number of hydrogen-bond acceptors (Lipinski definition) is 6. The summed E-state index contributed by atoms with van der Waals surface area (Å²) in [6, 6.07) is 10.8. The summed E-state index contributed by atoms with van der Waals surface area (Å²) in [4.78, 5) is 4.59. The molecule has 0 aliphatic carbocycles. The maximum atomic E-state index is 6.09. The Morgan fingerprint density at radius 3 is 2.74 bits per heavy atom. The van der Waals surface area contributed by atoms with E-state index in [4.69, 9.17) is 4.74 Å². The third kappa shape index (κ3) is 3.74. The largest absolute Gasteiger partial charge is 0.374 e. The van der Waals surface area contributed by atoms with Gasteiger partial charge >= 0.3 is 0 Å². The summed E-state index contributed by atoms with van der Waals surface area (Å²) in [6.07, 6.45) is 0.127. The molecular formula is C16H24N6O. The van der Waals surface area contributed by atoms with Gasteiger partial charge in [-0.15, -0.1) is 5.10 Å². The lowest BCUT2D eigenvalue weighted by molar-refractivity contribution is -0.0745. The predicted molar refractivity (Wildman–Crippen MR) is 86.7 cm³/mol. The van der Waals surface area contributed by atoms with Crippen molar-refractivity contribution in [3.05, 3.63) is 41.7 Å². The van der Waals surface area contributed by atoms with Gasteiger partial charge in [-0.1, -0.05) is 30.3 Å². The fourth-order valence-electron chi connectivity index (χ4n) is 3.13.